The van der Waals surface area contributed by atoms with Gasteiger partial charge in [0.2, 0.25) is 5.91 Å². The van der Waals surface area contributed by atoms with Gasteiger partial charge in [0.25, 0.3) is 0 Å². The summed E-state index contributed by atoms with van der Waals surface area (Å²) < 4.78 is 12.8. The van der Waals surface area contributed by atoms with E-state index >= 15 is 0 Å². The molecule has 2 N–H and O–H groups in total. The van der Waals surface area contributed by atoms with Crippen molar-refractivity contribution in [3.63, 3.8) is 0 Å². The summed E-state index contributed by atoms with van der Waals surface area (Å²) in [6.07, 6.45) is 3.29. The van der Waals surface area contributed by atoms with Crippen molar-refractivity contribution in [2.24, 2.45) is 5.92 Å². The molecular weight excluding hydrogens is 293 g/mol. The van der Waals surface area contributed by atoms with Gasteiger partial charge < -0.3 is 10.6 Å². The summed E-state index contributed by atoms with van der Waals surface area (Å²) in [5, 5.41) is 6.04. The number of pyridine rings is 1. The van der Waals surface area contributed by atoms with E-state index in [2.05, 4.69) is 15.6 Å². The Labute approximate surface area is 136 Å². The lowest BCUT2D eigenvalue weighted by atomic mass is 10.0. The van der Waals surface area contributed by atoms with Crippen LogP contribution in [0.15, 0.2) is 42.6 Å². The second-order valence-electron chi connectivity index (χ2n) is 5.41. The van der Waals surface area contributed by atoms with Gasteiger partial charge >= 0.3 is 0 Å². The minimum atomic E-state index is -0.246. The van der Waals surface area contributed by atoms with E-state index in [1.54, 1.807) is 18.3 Å². The molecule has 0 saturated carbocycles. The fourth-order valence-corrected chi connectivity index (χ4v) is 2.27. The smallest absolute Gasteiger partial charge is 0.227 e. The Morgan fingerprint density at radius 1 is 1.13 bits per heavy atom. The van der Waals surface area contributed by atoms with Gasteiger partial charge in [-0.2, -0.15) is 0 Å². The number of rotatable bonds is 7. The highest BCUT2D eigenvalue weighted by Crippen LogP contribution is 2.15. The summed E-state index contributed by atoms with van der Waals surface area (Å²) in [6.45, 7) is 4.58. The molecular formula is C18H22FN3O. The second kappa shape index (κ2) is 8.27. The fourth-order valence-electron chi connectivity index (χ4n) is 2.27. The highest BCUT2D eigenvalue weighted by atomic mass is 19.1. The van der Waals surface area contributed by atoms with Gasteiger partial charge in [0.1, 0.15) is 11.6 Å². The number of halogens is 1. The summed E-state index contributed by atoms with van der Waals surface area (Å²) in [5.41, 5.74) is 1.66. The van der Waals surface area contributed by atoms with E-state index in [0.717, 1.165) is 18.4 Å². The van der Waals surface area contributed by atoms with Gasteiger partial charge in [0.05, 0.1) is 11.9 Å². The molecule has 122 valence electrons. The third-order valence-corrected chi connectivity index (χ3v) is 3.77. The average molecular weight is 315 g/mol. The van der Waals surface area contributed by atoms with E-state index in [-0.39, 0.29) is 17.6 Å². The van der Waals surface area contributed by atoms with Crippen LogP contribution < -0.4 is 10.6 Å². The number of anilines is 2. The molecule has 0 saturated heterocycles. The molecule has 5 heteroatoms. The molecule has 1 aromatic heterocycles. The van der Waals surface area contributed by atoms with Gasteiger partial charge in [-0.15, -0.1) is 0 Å². The molecule has 0 fully saturated rings. The Bertz CT molecular complexity index is 622. The van der Waals surface area contributed by atoms with Crippen LogP contribution in [0.2, 0.25) is 0 Å². The summed E-state index contributed by atoms with van der Waals surface area (Å²) in [5.74, 6) is 0.523. The summed E-state index contributed by atoms with van der Waals surface area (Å²) >= 11 is 0. The Morgan fingerprint density at radius 2 is 1.83 bits per heavy atom. The first-order valence-electron chi connectivity index (χ1n) is 7.87. The normalized spacial score (nSPS) is 10.6. The molecule has 2 rings (SSSR count). The fraction of sp³-hybridized carbons (Fsp3) is 0.333. The number of hydrogen-bond donors (Lipinski definition) is 2. The number of aromatic nitrogens is 1. The standard InChI is InChI=1S/C18H22FN3O/c1-3-14(4-2)18(23)22-16-9-10-17(21-12-16)20-11-13-5-7-15(19)8-6-13/h5-10,12,14H,3-4,11H2,1-2H3,(H,20,21)(H,22,23). The van der Waals surface area contributed by atoms with Crippen molar-refractivity contribution in [1.29, 1.82) is 0 Å². The van der Waals surface area contributed by atoms with Gasteiger partial charge in [-0.3, -0.25) is 4.79 Å². The zero-order valence-electron chi connectivity index (χ0n) is 13.5. The molecule has 0 aliphatic heterocycles. The molecule has 4 nitrogen and oxygen atoms in total. The Hall–Kier alpha value is -2.43. The third kappa shape index (κ3) is 5.06. The number of nitrogens with zero attached hydrogens (tertiary/aromatic N) is 1. The van der Waals surface area contributed by atoms with E-state index in [0.29, 0.717) is 18.1 Å². The van der Waals surface area contributed by atoms with Crippen LogP contribution >= 0.6 is 0 Å². The van der Waals surface area contributed by atoms with Gasteiger partial charge in [0, 0.05) is 12.5 Å². The minimum absolute atomic E-state index is 0.0313. The SMILES string of the molecule is CCC(CC)C(=O)Nc1ccc(NCc2ccc(F)cc2)nc1. The number of carbonyl (C=O) groups is 1. The second-order valence-corrected chi connectivity index (χ2v) is 5.41. The van der Waals surface area contributed by atoms with Crippen LogP contribution in [-0.2, 0) is 11.3 Å². The van der Waals surface area contributed by atoms with Crippen LogP contribution in [0.1, 0.15) is 32.3 Å². The van der Waals surface area contributed by atoms with E-state index in [1.807, 2.05) is 26.0 Å². The predicted octanol–water partition coefficient (Wildman–Crippen LogP) is 4.21. The average Bonchev–Trinajstić information content (AvgIpc) is 2.57. The minimum Gasteiger partial charge on any atom is -0.366 e. The molecule has 1 aromatic carbocycles. The van der Waals surface area contributed by atoms with E-state index in [4.69, 9.17) is 0 Å². The topological polar surface area (TPSA) is 54.0 Å². The van der Waals surface area contributed by atoms with Crippen molar-refractivity contribution in [2.75, 3.05) is 10.6 Å². The van der Waals surface area contributed by atoms with Crippen molar-refractivity contribution in [3.8, 4) is 0 Å². The molecule has 0 atom stereocenters. The molecule has 0 unspecified atom stereocenters. The molecule has 2 aromatic rings. The molecule has 23 heavy (non-hydrogen) atoms. The third-order valence-electron chi connectivity index (χ3n) is 3.77. The maximum atomic E-state index is 12.8. The Balaban J connectivity index is 1.89. The molecule has 0 bridgehead atoms. The Kier molecular flexibility index (Phi) is 6.09. The number of carbonyl (C=O) groups excluding carboxylic acids is 1. The van der Waals surface area contributed by atoms with Gasteiger partial charge in [0.15, 0.2) is 0 Å². The predicted molar refractivity (Wildman–Crippen MR) is 90.7 cm³/mol. The summed E-state index contributed by atoms with van der Waals surface area (Å²) in [6, 6.07) is 9.95. The summed E-state index contributed by atoms with van der Waals surface area (Å²) in [7, 11) is 0. The quantitative estimate of drug-likeness (QED) is 0.805. The molecule has 0 spiro atoms. The highest BCUT2D eigenvalue weighted by molar-refractivity contribution is 5.92. The van der Waals surface area contributed by atoms with Crippen molar-refractivity contribution in [1.82, 2.24) is 4.98 Å². The molecule has 0 aliphatic carbocycles. The first-order valence-corrected chi connectivity index (χ1v) is 7.87. The van der Waals surface area contributed by atoms with Gasteiger partial charge in [-0.25, -0.2) is 9.37 Å². The maximum absolute atomic E-state index is 12.8. The van der Waals surface area contributed by atoms with Gasteiger partial charge in [-0.05, 0) is 42.7 Å². The molecule has 0 radical (unpaired) electrons. The monoisotopic (exact) mass is 315 g/mol. The largest absolute Gasteiger partial charge is 0.366 e. The van der Waals surface area contributed by atoms with Crippen LogP contribution in [0.4, 0.5) is 15.9 Å². The van der Waals surface area contributed by atoms with Crippen molar-refractivity contribution in [2.45, 2.75) is 33.2 Å². The molecule has 0 aliphatic rings. The zero-order valence-corrected chi connectivity index (χ0v) is 13.5. The van der Waals surface area contributed by atoms with Crippen molar-refractivity contribution in [3.05, 3.63) is 54.0 Å². The summed E-state index contributed by atoms with van der Waals surface area (Å²) in [4.78, 5) is 16.3. The van der Waals surface area contributed by atoms with Crippen molar-refractivity contribution < 1.29 is 9.18 Å². The first-order chi connectivity index (χ1) is 11.1. The highest BCUT2D eigenvalue weighted by Gasteiger charge is 2.14. The maximum Gasteiger partial charge on any atom is 0.227 e. The van der Waals surface area contributed by atoms with Crippen LogP contribution in [0.3, 0.4) is 0 Å². The lowest BCUT2D eigenvalue weighted by Gasteiger charge is -2.13. The van der Waals surface area contributed by atoms with E-state index in [9.17, 15) is 9.18 Å². The first kappa shape index (κ1) is 16.9. The van der Waals surface area contributed by atoms with E-state index in [1.165, 1.54) is 12.1 Å². The number of nitrogens with one attached hydrogen (secondary N) is 2. The number of benzene rings is 1. The number of amides is 1. The number of hydrogen-bond acceptors (Lipinski definition) is 3. The van der Waals surface area contributed by atoms with Crippen LogP contribution in [-0.4, -0.2) is 10.9 Å². The van der Waals surface area contributed by atoms with Crippen LogP contribution in [0.25, 0.3) is 0 Å². The zero-order chi connectivity index (χ0) is 16.7. The van der Waals surface area contributed by atoms with Crippen molar-refractivity contribution >= 4 is 17.4 Å². The van der Waals surface area contributed by atoms with Crippen LogP contribution in [0, 0.1) is 11.7 Å². The Morgan fingerprint density at radius 3 is 2.39 bits per heavy atom. The van der Waals surface area contributed by atoms with Crippen LogP contribution in [0.5, 0.6) is 0 Å². The lowest BCUT2D eigenvalue weighted by Crippen LogP contribution is -2.21. The van der Waals surface area contributed by atoms with E-state index < -0.39 is 0 Å². The van der Waals surface area contributed by atoms with Gasteiger partial charge in [-0.1, -0.05) is 26.0 Å². The molecule has 1 heterocycles. The lowest BCUT2D eigenvalue weighted by molar-refractivity contribution is -0.120. The molecule has 1 amide bonds.